The number of anilines is 2. The van der Waals surface area contributed by atoms with Crippen LogP contribution in [0.2, 0.25) is 5.02 Å². The number of nitrogens with zero attached hydrogens (tertiary/aromatic N) is 1. The smallest absolute Gasteiger partial charge is 0.260 e. The number of nitrogen functional groups attached to an aromatic ring is 1. The van der Waals surface area contributed by atoms with Gasteiger partial charge in [-0.2, -0.15) is 0 Å². The van der Waals surface area contributed by atoms with E-state index in [9.17, 15) is 4.79 Å². The minimum atomic E-state index is -0.150. The highest BCUT2D eigenvalue weighted by Gasteiger charge is 2.17. The summed E-state index contributed by atoms with van der Waals surface area (Å²) in [6.07, 6.45) is 0. The van der Waals surface area contributed by atoms with Crippen LogP contribution in [0, 0.1) is 6.92 Å². The molecule has 2 aromatic rings. The number of carbonyl (C=O) groups is 1. The fraction of sp³-hybridized carbons (Fsp3) is 0.133. The Bertz CT molecular complexity index is 625. The van der Waals surface area contributed by atoms with Gasteiger partial charge in [0.15, 0.2) is 0 Å². The molecule has 1 amide bonds. The monoisotopic (exact) mass is 274 g/mol. The predicted octanol–water partition coefficient (Wildman–Crippen LogP) is 3.51. The van der Waals surface area contributed by atoms with E-state index in [1.54, 1.807) is 48.3 Å². The molecule has 0 atom stereocenters. The molecule has 0 saturated carbocycles. The van der Waals surface area contributed by atoms with E-state index in [1.807, 2.05) is 13.0 Å². The van der Waals surface area contributed by atoms with Crippen molar-refractivity contribution in [2.24, 2.45) is 0 Å². The minimum Gasteiger partial charge on any atom is -0.398 e. The lowest BCUT2D eigenvalue weighted by molar-refractivity contribution is 0.0993. The molecule has 3 nitrogen and oxygen atoms in total. The van der Waals surface area contributed by atoms with Crippen LogP contribution in [-0.4, -0.2) is 13.0 Å². The molecule has 0 aliphatic carbocycles. The molecule has 0 heterocycles. The number of carbonyl (C=O) groups excluding carboxylic acids is 1. The SMILES string of the molecule is Cc1ccc(Cl)cc1N(C)C(=O)c1ccccc1N. The molecule has 2 rings (SSSR count). The van der Waals surface area contributed by atoms with Crippen molar-refractivity contribution < 1.29 is 4.79 Å². The van der Waals surface area contributed by atoms with Crippen molar-refractivity contribution >= 4 is 28.9 Å². The average Bonchev–Trinajstić information content (AvgIpc) is 2.40. The van der Waals surface area contributed by atoms with Crippen LogP contribution in [0.25, 0.3) is 0 Å². The van der Waals surface area contributed by atoms with Crippen molar-refractivity contribution in [1.29, 1.82) is 0 Å². The van der Waals surface area contributed by atoms with E-state index in [-0.39, 0.29) is 5.91 Å². The molecule has 2 N–H and O–H groups in total. The van der Waals surface area contributed by atoms with Crippen LogP contribution in [0.4, 0.5) is 11.4 Å². The fourth-order valence-corrected chi connectivity index (χ4v) is 2.09. The Morgan fingerprint density at radius 1 is 1.21 bits per heavy atom. The highest BCUT2D eigenvalue weighted by molar-refractivity contribution is 6.31. The quantitative estimate of drug-likeness (QED) is 0.852. The summed E-state index contributed by atoms with van der Waals surface area (Å²) in [5.41, 5.74) is 8.55. The van der Waals surface area contributed by atoms with E-state index in [2.05, 4.69) is 0 Å². The van der Waals surface area contributed by atoms with E-state index in [0.717, 1.165) is 11.3 Å². The summed E-state index contributed by atoms with van der Waals surface area (Å²) in [6.45, 7) is 1.93. The average molecular weight is 275 g/mol. The topological polar surface area (TPSA) is 46.3 Å². The standard InChI is InChI=1S/C15H15ClN2O/c1-10-7-8-11(16)9-14(10)18(2)15(19)12-5-3-4-6-13(12)17/h3-9H,17H2,1-2H3. The van der Waals surface area contributed by atoms with Crippen LogP contribution in [-0.2, 0) is 0 Å². The molecule has 4 heteroatoms. The second kappa shape index (κ2) is 5.33. The maximum atomic E-state index is 12.4. The molecule has 19 heavy (non-hydrogen) atoms. The summed E-state index contributed by atoms with van der Waals surface area (Å²) in [5.74, 6) is -0.150. The minimum absolute atomic E-state index is 0.150. The number of nitrogens with two attached hydrogens (primary N) is 1. The van der Waals surface area contributed by atoms with Crippen molar-refractivity contribution in [3.8, 4) is 0 Å². The van der Waals surface area contributed by atoms with Crippen molar-refractivity contribution in [2.75, 3.05) is 17.7 Å². The van der Waals surface area contributed by atoms with E-state index in [4.69, 9.17) is 17.3 Å². The van der Waals surface area contributed by atoms with Gasteiger partial charge in [-0.1, -0.05) is 29.8 Å². The van der Waals surface area contributed by atoms with Gasteiger partial charge in [0.2, 0.25) is 0 Å². The van der Waals surface area contributed by atoms with Gasteiger partial charge in [0.05, 0.1) is 5.56 Å². The molecule has 0 radical (unpaired) electrons. The second-order valence-corrected chi connectivity index (χ2v) is 4.82. The predicted molar refractivity (Wildman–Crippen MR) is 79.8 cm³/mol. The first-order valence-electron chi connectivity index (χ1n) is 5.89. The third-order valence-corrected chi connectivity index (χ3v) is 3.26. The number of aryl methyl sites for hydroxylation is 1. The third kappa shape index (κ3) is 2.71. The Kier molecular flexibility index (Phi) is 3.76. The summed E-state index contributed by atoms with van der Waals surface area (Å²) in [6, 6.07) is 12.5. The van der Waals surface area contributed by atoms with Crippen LogP contribution in [0.3, 0.4) is 0 Å². The molecule has 0 saturated heterocycles. The van der Waals surface area contributed by atoms with E-state index in [0.29, 0.717) is 16.3 Å². The van der Waals surface area contributed by atoms with Gasteiger partial charge < -0.3 is 10.6 Å². The lowest BCUT2D eigenvalue weighted by Crippen LogP contribution is -2.27. The summed E-state index contributed by atoms with van der Waals surface area (Å²) >= 11 is 5.98. The van der Waals surface area contributed by atoms with E-state index < -0.39 is 0 Å². The van der Waals surface area contributed by atoms with Crippen LogP contribution in [0.15, 0.2) is 42.5 Å². The normalized spacial score (nSPS) is 10.3. The summed E-state index contributed by atoms with van der Waals surface area (Å²) in [7, 11) is 1.72. The highest BCUT2D eigenvalue weighted by Crippen LogP contribution is 2.25. The van der Waals surface area contributed by atoms with Gasteiger partial charge in [0, 0.05) is 23.4 Å². The first-order chi connectivity index (χ1) is 9.00. The van der Waals surface area contributed by atoms with Gasteiger partial charge in [-0.25, -0.2) is 0 Å². The Hall–Kier alpha value is -2.00. The van der Waals surface area contributed by atoms with Crippen molar-refractivity contribution in [3.05, 3.63) is 58.6 Å². The second-order valence-electron chi connectivity index (χ2n) is 4.38. The Balaban J connectivity index is 2.39. The Morgan fingerprint density at radius 2 is 1.89 bits per heavy atom. The zero-order valence-electron chi connectivity index (χ0n) is 10.9. The lowest BCUT2D eigenvalue weighted by Gasteiger charge is -2.20. The molecule has 0 fully saturated rings. The van der Waals surface area contributed by atoms with Gasteiger partial charge in [0.1, 0.15) is 0 Å². The maximum absolute atomic E-state index is 12.4. The number of hydrogen-bond acceptors (Lipinski definition) is 2. The highest BCUT2D eigenvalue weighted by atomic mass is 35.5. The van der Waals surface area contributed by atoms with Crippen molar-refractivity contribution in [2.45, 2.75) is 6.92 Å². The third-order valence-electron chi connectivity index (χ3n) is 3.03. The van der Waals surface area contributed by atoms with Crippen LogP contribution in [0.5, 0.6) is 0 Å². The molecule has 0 spiro atoms. The largest absolute Gasteiger partial charge is 0.398 e. The first kappa shape index (κ1) is 13.4. The molecule has 0 bridgehead atoms. The van der Waals surface area contributed by atoms with E-state index >= 15 is 0 Å². The zero-order chi connectivity index (χ0) is 14.0. The lowest BCUT2D eigenvalue weighted by atomic mass is 10.1. The van der Waals surface area contributed by atoms with Crippen molar-refractivity contribution in [3.63, 3.8) is 0 Å². The molecular weight excluding hydrogens is 260 g/mol. The number of para-hydroxylation sites is 1. The molecular formula is C15H15ClN2O. The van der Waals surface area contributed by atoms with Crippen LogP contribution < -0.4 is 10.6 Å². The summed E-state index contributed by atoms with van der Waals surface area (Å²) < 4.78 is 0. The Morgan fingerprint density at radius 3 is 2.58 bits per heavy atom. The number of halogens is 1. The Labute approximate surface area is 117 Å². The van der Waals surface area contributed by atoms with Gasteiger partial charge in [-0.15, -0.1) is 0 Å². The van der Waals surface area contributed by atoms with Gasteiger partial charge in [0.25, 0.3) is 5.91 Å². The number of hydrogen-bond donors (Lipinski definition) is 1. The molecule has 0 aliphatic rings. The van der Waals surface area contributed by atoms with Gasteiger partial charge in [-0.05, 0) is 36.8 Å². The molecule has 0 aromatic heterocycles. The molecule has 0 aliphatic heterocycles. The van der Waals surface area contributed by atoms with Crippen molar-refractivity contribution in [1.82, 2.24) is 0 Å². The van der Waals surface area contributed by atoms with Gasteiger partial charge >= 0.3 is 0 Å². The fourth-order valence-electron chi connectivity index (χ4n) is 1.93. The van der Waals surface area contributed by atoms with E-state index in [1.165, 1.54) is 0 Å². The van der Waals surface area contributed by atoms with Crippen LogP contribution >= 0.6 is 11.6 Å². The zero-order valence-corrected chi connectivity index (χ0v) is 11.6. The van der Waals surface area contributed by atoms with Gasteiger partial charge in [-0.3, -0.25) is 4.79 Å². The summed E-state index contributed by atoms with van der Waals surface area (Å²) in [5, 5.41) is 0.598. The maximum Gasteiger partial charge on any atom is 0.260 e. The van der Waals surface area contributed by atoms with Crippen LogP contribution in [0.1, 0.15) is 15.9 Å². The summed E-state index contributed by atoms with van der Waals surface area (Å²) in [4.78, 5) is 14.0. The first-order valence-corrected chi connectivity index (χ1v) is 6.27. The number of benzene rings is 2. The molecule has 98 valence electrons. The molecule has 0 unspecified atom stereocenters. The molecule has 2 aromatic carbocycles. The number of rotatable bonds is 2. The number of amides is 1.